The smallest absolute Gasteiger partial charge is 0.0917 e. The van der Waals surface area contributed by atoms with Crippen LogP contribution in [0.15, 0.2) is 18.2 Å². The predicted octanol–water partition coefficient (Wildman–Crippen LogP) is 2.32. The maximum atomic E-state index is 10.5. The van der Waals surface area contributed by atoms with E-state index >= 15 is 0 Å². The highest BCUT2D eigenvalue weighted by atomic mass is 16.5. The molecule has 0 spiro atoms. The highest BCUT2D eigenvalue weighted by Crippen LogP contribution is 2.19. The van der Waals surface area contributed by atoms with Crippen LogP contribution in [0.25, 0.3) is 0 Å². The van der Waals surface area contributed by atoms with Crippen LogP contribution in [0, 0.1) is 13.8 Å². The minimum absolute atomic E-state index is 0.242. The lowest BCUT2D eigenvalue weighted by Crippen LogP contribution is -2.41. The summed E-state index contributed by atoms with van der Waals surface area (Å²) in [6.45, 7) is 8.90. The van der Waals surface area contributed by atoms with Crippen molar-refractivity contribution in [2.24, 2.45) is 0 Å². The molecule has 0 saturated carbocycles. The number of methoxy groups -OCH3 is 2. The average Bonchev–Trinajstić information content (AvgIpc) is 2.46. The van der Waals surface area contributed by atoms with Crippen molar-refractivity contribution in [3.05, 3.63) is 34.9 Å². The number of ether oxygens (including phenoxy) is 2. The van der Waals surface area contributed by atoms with E-state index in [0.717, 1.165) is 12.1 Å². The zero-order valence-corrected chi connectivity index (χ0v) is 13.9. The van der Waals surface area contributed by atoms with Crippen LogP contribution in [0.4, 0.5) is 0 Å². The Hall–Kier alpha value is -0.940. The van der Waals surface area contributed by atoms with E-state index in [1.54, 1.807) is 14.2 Å². The van der Waals surface area contributed by atoms with Crippen LogP contribution in [0.2, 0.25) is 0 Å². The van der Waals surface area contributed by atoms with E-state index in [1.165, 1.54) is 11.1 Å². The van der Waals surface area contributed by atoms with Gasteiger partial charge in [-0.2, -0.15) is 0 Å². The van der Waals surface area contributed by atoms with E-state index in [-0.39, 0.29) is 6.04 Å². The fourth-order valence-electron chi connectivity index (χ4n) is 2.35. The van der Waals surface area contributed by atoms with Crippen LogP contribution in [-0.2, 0) is 9.47 Å². The summed E-state index contributed by atoms with van der Waals surface area (Å²) < 4.78 is 10.4. The van der Waals surface area contributed by atoms with Crippen LogP contribution < -0.4 is 0 Å². The van der Waals surface area contributed by atoms with E-state index < -0.39 is 6.10 Å². The number of aliphatic hydroxyl groups excluding tert-OH is 1. The molecule has 0 amide bonds. The number of nitrogens with zero attached hydrogens (tertiary/aromatic N) is 1. The Morgan fingerprint density at radius 3 is 2.43 bits per heavy atom. The second-order valence-electron chi connectivity index (χ2n) is 5.65. The van der Waals surface area contributed by atoms with E-state index in [2.05, 4.69) is 37.8 Å². The van der Waals surface area contributed by atoms with Gasteiger partial charge >= 0.3 is 0 Å². The molecule has 120 valence electrons. The van der Waals surface area contributed by atoms with Gasteiger partial charge < -0.3 is 14.6 Å². The SMILES string of the molecule is COCCN(CC(O)c1ccc(C)c(C)c1)C(C)COC. The van der Waals surface area contributed by atoms with Crippen LogP contribution >= 0.6 is 0 Å². The van der Waals surface area contributed by atoms with Gasteiger partial charge in [0, 0.05) is 33.4 Å². The fourth-order valence-corrected chi connectivity index (χ4v) is 2.35. The van der Waals surface area contributed by atoms with Crippen LogP contribution in [0.5, 0.6) is 0 Å². The summed E-state index contributed by atoms with van der Waals surface area (Å²) in [7, 11) is 3.39. The van der Waals surface area contributed by atoms with Gasteiger partial charge in [-0.1, -0.05) is 18.2 Å². The first-order valence-electron chi connectivity index (χ1n) is 7.46. The lowest BCUT2D eigenvalue weighted by molar-refractivity contribution is 0.0386. The zero-order chi connectivity index (χ0) is 15.8. The van der Waals surface area contributed by atoms with Gasteiger partial charge in [0.2, 0.25) is 0 Å². The third-order valence-electron chi connectivity index (χ3n) is 3.94. The molecule has 4 nitrogen and oxygen atoms in total. The lowest BCUT2D eigenvalue weighted by atomic mass is 10.0. The van der Waals surface area contributed by atoms with Gasteiger partial charge in [-0.05, 0) is 37.5 Å². The van der Waals surface area contributed by atoms with E-state index in [0.29, 0.717) is 19.8 Å². The van der Waals surface area contributed by atoms with Crippen molar-refractivity contribution < 1.29 is 14.6 Å². The highest BCUT2D eigenvalue weighted by molar-refractivity contribution is 5.31. The predicted molar refractivity (Wildman–Crippen MR) is 85.7 cm³/mol. The number of rotatable bonds is 9. The monoisotopic (exact) mass is 295 g/mol. The molecule has 21 heavy (non-hydrogen) atoms. The van der Waals surface area contributed by atoms with Crippen molar-refractivity contribution in [2.75, 3.05) is 40.5 Å². The Labute approximate surface area is 128 Å². The Morgan fingerprint density at radius 1 is 1.14 bits per heavy atom. The molecule has 0 radical (unpaired) electrons. The summed E-state index contributed by atoms with van der Waals surface area (Å²) in [5, 5.41) is 10.5. The molecule has 2 atom stereocenters. The van der Waals surface area contributed by atoms with Gasteiger partial charge in [0.25, 0.3) is 0 Å². The summed E-state index contributed by atoms with van der Waals surface area (Å²) in [6.07, 6.45) is -0.500. The summed E-state index contributed by atoms with van der Waals surface area (Å²) in [5.41, 5.74) is 3.42. The first kappa shape index (κ1) is 18.1. The van der Waals surface area contributed by atoms with Crippen molar-refractivity contribution in [1.29, 1.82) is 0 Å². The lowest BCUT2D eigenvalue weighted by Gasteiger charge is -2.30. The second kappa shape index (κ2) is 9.15. The highest BCUT2D eigenvalue weighted by Gasteiger charge is 2.18. The van der Waals surface area contributed by atoms with Gasteiger partial charge in [0.15, 0.2) is 0 Å². The van der Waals surface area contributed by atoms with Crippen molar-refractivity contribution in [1.82, 2.24) is 4.90 Å². The molecule has 4 heteroatoms. The third-order valence-corrected chi connectivity index (χ3v) is 3.94. The van der Waals surface area contributed by atoms with Gasteiger partial charge in [-0.3, -0.25) is 4.90 Å². The topological polar surface area (TPSA) is 41.9 Å². The number of aliphatic hydroxyl groups is 1. The van der Waals surface area contributed by atoms with Gasteiger partial charge in [-0.25, -0.2) is 0 Å². The Kier molecular flexibility index (Phi) is 7.89. The normalized spacial score (nSPS) is 14.4. The molecule has 0 aliphatic rings. The first-order chi connectivity index (χ1) is 9.99. The molecule has 0 fully saturated rings. The van der Waals surface area contributed by atoms with Crippen molar-refractivity contribution >= 4 is 0 Å². The zero-order valence-electron chi connectivity index (χ0n) is 13.9. The summed E-state index contributed by atoms with van der Waals surface area (Å²) >= 11 is 0. The van der Waals surface area contributed by atoms with Crippen molar-refractivity contribution in [3.8, 4) is 0 Å². The minimum atomic E-state index is -0.500. The molecule has 0 aliphatic heterocycles. The molecule has 0 aliphatic carbocycles. The molecule has 1 aromatic rings. The molecular weight excluding hydrogens is 266 g/mol. The largest absolute Gasteiger partial charge is 0.387 e. The van der Waals surface area contributed by atoms with Gasteiger partial charge in [0.1, 0.15) is 0 Å². The van der Waals surface area contributed by atoms with Gasteiger partial charge in [-0.15, -0.1) is 0 Å². The number of benzene rings is 1. The molecule has 0 aromatic heterocycles. The van der Waals surface area contributed by atoms with E-state index in [9.17, 15) is 5.11 Å². The summed E-state index contributed by atoms with van der Waals surface area (Å²) in [4.78, 5) is 2.20. The van der Waals surface area contributed by atoms with E-state index in [1.807, 2.05) is 6.07 Å². The summed E-state index contributed by atoms with van der Waals surface area (Å²) in [6, 6.07) is 6.37. The number of aryl methyl sites for hydroxylation is 2. The Morgan fingerprint density at radius 2 is 1.86 bits per heavy atom. The van der Waals surface area contributed by atoms with Crippen LogP contribution in [0.1, 0.15) is 29.7 Å². The quantitative estimate of drug-likeness (QED) is 0.759. The molecule has 1 aromatic carbocycles. The molecule has 2 unspecified atom stereocenters. The fraction of sp³-hybridized carbons (Fsp3) is 0.647. The van der Waals surface area contributed by atoms with Crippen LogP contribution in [0.3, 0.4) is 0 Å². The van der Waals surface area contributed by atoms with Crippen LogP contribution in [-0.4, -0.2) is 56.6 Å². The average molecular weight is 295 g/mol. The number of hydrogen-bond acceptors (Lipinski definition) is 4. The van der Waals surface area contributed by atoms with Crippen molar-refractivity contribution in [3.63, 3.8) is 0 Å². The van der Waals surface area contributed by atoms with E-state index in [4.69, 9.17) is 9.47 Å². The molecular formula is C17H29NO3. The third kappa shape index (κ3) is 5.75. The molecule has 0 bridgehead atoms. The number of hydrogen-bond donors (Lipinski definition) is 1. The summed E-state index contributed by atoms with van der Waals surface area (Å²) in [5.74, 6) is 0. The Bertz CT molecular complexity index is 422. The van der Waals surface area contributed by atoms with Crippen molar-refractivity contribution in [2.45, 2.75) is 32.9 Å². The maximum Gasteiger partial charge on any atom is 0.0917 e. The molecule has 0 saturated heterocycles. The molecule has 1 rings (SSSR count). The standard InChI is InChI=1S/C17H29NO3/c1-13-6-7-16(10-14(13)2)17(19)11-18(8-9-20-4)15(3)12-21-5/h6-7,10,15,17,19H,8-9,11-12H2,1-5H3. The minimum Gasteiger partial charge on any atom is -0.387 e. The first-order valence-corrected chi connectivity index (χ1v) is 7.46. The second-order valence-corrected chi connectivity index (χ2v) is 5.65. The molecule has 1 N–H and O–H groups in total. The Balaban J connectivity index is 2.73. The van der Waals surface area contributed by atoms with Gasteiger partial charge in [0.05, 0.1) is 19.3 Å². The molecule has 0 heterocycles. The maximum absolute atomic E-state index is 10.5.